The zero-order chi connectivity index (χ0) is 29.2. The predicted molar refractivity (Wildman–Crippen MR) is 162 cm³/mol. The van der Waals surface area contributed by atoms with Gasteiger partial charge in [-0.05, 0) is 55.9 Å². The van der Waals surface area contributed by atoms with E-state index in [-0.39, 0.29) is 42.0 Å². The summed E-state index contributed by atoms with van der Waals surface area (Å²) < 4.78 is -0.735. The number of halogens is 1. The maximum Gasteiger partial charge on any atom is 0.251 e. The van der Waals surface area contributed by atoms with Crippen molar-refractivity contribution in [2.75, 3.05) is 31.1 Å². The van der Waals surface area contributed by atoms with E-state index in [2.05, 4.69) is 13.2 Å². The van der Waals surface area contributed by atoms with E-state index in [1.807, 2.05) is 20.8 Å². The van der Waals surface area contributed by atoms with Crippen LogP contribution in [-0.2, 0) is 14.4 Å². The Morgan fingerprint density at radius 1 is 1.20 bits per heavy atom. The first kappa shape index (κ1) is 30.7. The number of rotatable bonds is 13. The number of aliphatic hydroxyl groups excluding tert-OH is 1. The quantitative estimate of drug-likeness (QED) is 0.336. The zero-order valence-corrected chi connectivity index (χ0v) is 25.4. The molecule has 0 saturated carbocycles. The number of fused-ring (bicyclic) bond motifs is 1. The number of aliphatic hydroxyl groups is 1. The van der Waals surface area contributed by atoms with Gasteiger partial charge in [-0.15, -0.1) is 24.9 Å². The van der Waals surface area contributed by atoms with E-state index in [1.54, 1.807) is 62.9 Å². The van der Waals surface area contributed by atoms with Crippen LogP contribution in [0.1, 0.15) is 46.5 Å². The molecule has 4 rings (SSSR count). The molecule has 3 aliphatic heterocycles. The van der Waals surface area contributed by atoms with Crippen LogP contribution in [0.25, 0.3) is 0 Å². The van der Waals surface area contributed by atoms with Crippen LogP contribution in [0.4, 0.5) is 5.69 Å². The maximum atomic E-state index is 14.7. The van der Waals surface area contributed by atoms with E-state index in [9.17, 15) is 19.5 Å². The van der Waals surface area contributed by atoms with Gasteiger partial charge in [0, 0.05) is 35.6 Å². The summed E-state index contributed by atoms with van der Waals surface area (Å²) in [5.41, 5.74) is 0.663. The lowest BCUT2D eigenvalue weighted by molar-refractivity contribution is -0.145. The van der Waals surface area contributed by atoms with Crippen LogP contribution in [0.3, 0.4) is 0 Å². The molecule has 9 heteroatoms. The summed E-state index contributed by atoms with van der Waals surface area (Å²) in [5, 5.41) is 11.1. The summed E-state index contributed by atoms with van der Waals surface area (Å²) in [6.07, 6.45) is 6.20. The number of likely N-dealkylation sites (tertiary alicyclic amines) is 1. The van der Waals surface area contributed by atoms with Crippen LogP contribution in [0.15, 0.2) is 49.6 Å². The first-order chi connectivity index (χ1) is 19.1. The Morgan fingerprint density at radius 2 is 1.88 bits per heavy atom. The summed E-state index contributed by atoms with van der Waals surface area (Å²) in [6.45, 7) is 14.9. The molecule has 40 heavy (non-hydrogen) atoms. The minimum Gasteiger partial charge on any atom is -0.394 e. The molecule has 3 amide bonds. The van der Waals surface area contributed by atoms with Gasteiger partial charge in [-0.3, -0.25) is 14.4 Å². The van der Waals surface area contributed by atoms with Gasteiger partial charge >= 0.3 is 0 Å². The van der Waals surface area contributed by atoms with Gasteiger partial charge in [0.15, 0.2) is 0 Å². The first-order valence-corrected chi connectivity index (χ1v) is 15.6. The van der Waals surface area contributed by atoms with Crippen molar-refractivity contribution in [2.45, 2.75) is 68.5 Å². The molecule has 3 aliphatic rings. The molecule has 3 saturated heterocycles. The fourth-order valence-electron chi connectivity index (χ4n) is 7.01. The highest BCUT2D eigenvalue weighted by Gasteiger charge is 2.74. The van der Waals surface area contributed by atoms with Crippen LogP contribution in [0, 0.1) is 17.8 Å². The molecule has 0 radical (unpaired) electrons. The van der Waals surface area contributed by atoms with E-state index in [0.29, 0.717) is 36.6 Å². The number of hydrogen-bond acceptors (Lipinski definition) is 5. The third-order valence-corrected chi connectivity index (χ3v) is 10.7. The van der Waals surface area contributed by atoms with Gasteiger partial charge in [-0.1, -0.05) is 44.5 Å². The van der Waals surface area contributed by atoms with E-state index >= 15 is 0 Å². The third-order valence-electron chi connectivity index (χ3n) is 8.48. The topological polar surface area (TPSA) is 81.2 Å². The minimum absolute atomic E-state index is 0.0240. The van der Waals surface area contributed by atoms with Gasteiger partial charge in [-0.25, -0.2) is 0 Å². The van der Waals surface area contributed by atoms with Crippen LogP contribution < -0.4 is 4.90 Å². The summed E-state index contributed by atoms with van der Waals surface area (Å²) in [5.74, 6) is -1.34. The van der Waals surface area contributed by atoms with E-state index in [0.717, 1.165) is 12.8 Å². The molecule has 1 aromatic carbocycles. The summed E-state index contributed by atoms with van der Waals surface area (Å²) >= 11 is 7.79. The van der Waals surface area contributed by atoms with E-state index in [1.165, 1.54) is 0 Å². The summed E-state index contributed by atoms with van der Waals surface area (Å²) in [7, 11) is 0. The second-order valence-corrected chi connectivity index (χ2v) is 13.6. The highest BCUT2D eigenvalue weighted by atomic mass is 35.5. The van der Waals surface area contributed by atoms with Crippen LogP contribution >= 0.6 is 23.4 Å². The molecule has 1 spiro atoms. The van der Waals surface area contributed by atoms with Crippen molar-refractivity contribution in [3.05, 3.63) is 54.6 Å². The molecule has 3 fully saturated rings. The standard InChI is InChI=1S/C31H42ClN3O4S/c1-6-15-33(16-7-2)28(37)25-24-13-14-31(40-24)26(25)29(38)35(23(19-36)18-20(4)5)27(31)30(39)34(17-8-3)22-11-9-21(32)10-12-22/h6,8-12,20,23-27,36H,1,3,7,13-19H2,2,4-5H3/t23-,24-,25+,26+,27?,31?/m1/s1. The number of thioether (sulfide) groups is 1. The molecular formula is C31H42ClN3O4S. The number of carbonyl (C=O) groups excluding carboxylic acids is 3. The fourth-order valence-corrected chi connectivity index (χ4v) is 9.33. The average Bonchev–Trinajstić information content (AvgIpc) is 3.57. The molecular weight excluding hydrogens is 546 g/mol. The molecule has 6 atom stereocenters. The van der Waals surface area contributed by atoms with Gasteiger partial charge in [0.05, 0.1) is 29.2 Å². The lowest BCUT2D eigenvalue weighted by Gasteiger charge is -2.40. The monoisotopic (exact) mass is 587 g/mol. The Morgan fingerprint density at radius 3 is 2.45 bits per heavy atom. The van der Waals surface area contributed by atoms with E-state index in [4.69, 9.17) is 11.6 Å². The minimum atomic E-state index is -0.802. The lowest BCUT2D eigenvalue weighted by atomic mass is 9.70. The number of benzene rings is 1. The highest BCUT2D eigenvalue weighted by Crippen LogP contribution is 2.67. The summed E-state index contributed by atoms with van der Waals surface area (Å²) in [6, 6.07) is 5.74. The molecule has 218 valence electrons. The Bertz CT molecular complexity index is 1130. The first-order valence-electron chi connectivity index (χ1n) is 14.3. The highest BCUT2D eigenvalue weighted by molar-refractivity contribution is 8.02. The number of nitrogens with zero attached hydrogens (tertiary/aromatic N) is 3. The molecule has 3 heterocycles. The van der Waals surface area contributed by atoms with Crippen LogP contribution in [0.5, 0.6) is 0 Å². The third kappa shape index (κ3) is 5.35. The van der Waals surface area contributed by atoms with Gasteiger partial charge in [-0.2, -0.15) is 0 Å². The van der Waals surface area contributed by atoms with Crippen LogP contribution in [-0.4, -0.2) is 80.9 Å². The van der Waals surface area contributed by atoms with Gasteiger partial charge in [0.1, 0.15) is 6.04 Å². The number of carbonyl (C=O) groups is 3. The van der Waals surface area contributed by atoms with Crippen molar-refractivity contribution in [3.8, 4) is 0 Å². The summed E-state index contributed by atoms with van der Waals surface area (Å²) in [4.78, 5) is 48.3. The van der Waals surface area contributed by atoms with E-state index < -0.39 is 28.7 Å². The molecule has 2 bridgehead atoms. The van der Waals surface area contributed by atoms with Crippen molar-refractivity contribution in [1.82, 2.24) is 9.80 Å². The predicted octanol–water partition coefficient (Wildman–Crippen LogP) is 4.78. The Labute approximate surface area is 247 Å². The number of hydrogen-bond donors (Lipinski definition) is 1. The number of anilines is 1. The van der Waals surface area contributed by atoms with Crippen LogP contribution in [0.2, 0.25) is 5.02 Å². The zero-order valence-electron chi connectivity index (χ0n) is 23.8. The van der Waals surface area contributed by atoms with Crippen molar-refractivity contribution in [3.63, 3.8) is 0 Å². The maximum absolute atomic E-state index is 14.7. The second kappa shape index (κ2) is 12.7. The molecule has 1 N–H and O–H groups in total. The van der Waals surface area contributed by atoms with Crippen molar-refractivity contribution in [1.29, 1.82) is 0 Å². The smallest absolute Gasteiger partial charge is 0.251 e. The average molecular weight is 588 g/mol. The Kier molecular flexibility index (Phi) is 9.74. The van der Waals surface area contributed by atoms with Crippen molar-refractivity contribution in [2.24, 2.45) is 17.8 Å². The molecule has 0 aliphatic carbocycles. The van der Waals surface area contributed by atoms with Gasteiger partial charge in [0.2, 0.25) is 11.8 Å². The lowest BCUT2D eigenvalue weighted by Crippen LogP contribution is -2.58. The molecule has 0 aromatic heterocycles. The van der Waals surface area contributed by atoms with Gasteiger partial charge in [0.25, 0.3) is 5.91 Å². The molecule has 2 unspecified atom stereocenters. The Balaban J connectivity index is 1.81. The molecule has 1 aromatic rings. The van der Waals surface area contributed by atoms with Gasteiger partial charge < -0.3 is 19.8 Å². The number of amides is 3. The van der Waals surface area contributed by atoms with Crippen molar-refractivity contribution >= 4 is 46.8 Å². The fraction of sp³-hybridized carbons (Fsp3) is 0.581. The second-order valence-electron chi connectivity index (χ2n) is 11.6. The largest absolute Gasteiger partial charge is 0.394 e. The SMILES string of the molecule is C=CCN(CCC)C(=O)[C@@H]1[C@H]2C(=O)N([C@@H](CO)CC(C)C)C(C(=O)N(CC=C)c3ccc(Cl)cc3)C23CC[C@H]1S3. The van der Waals surface area contributed by atoms with Crippen molar-refractivity contribution < 1.29 is 19.5 Å². The Hall–Kier alpha value is -2.29. The molecule has 7 nitrogen and oxygen atoms in total. The normalized spacial score (nSPS) is 27.6.